The van der Waals surface area contributed by atoms with Crippen LogP contribution in [0, 0.1) is 5.41 Å². The van der Waals surface area contributed by atoms with Crippen LogP contribution in [0.1, 0.15) is 56.6 Å². The number of carbonyl (C=O) groups excluding carboxylic acids is 2. The van der Waals surface area contributed by atoms with E-state index in [9.17, 15) is 9.59 Å². The van der Waals surface area contributed by atoms with Gasteiger partial charge in [0, 0.05) is 23.1 Å². The Morgan fingerprint density at radius 3 is 1.50 bits per heavy atom. The number of fused-ring (bicyclic) bond motifs is 2. The third-order valence-electron chi connectivity index (χ3n) is 9.86. The molecule has 0 radical (unpaired) electrons. The van der Waals surface area contributed by atoms with Gasteiger partial charge in [-0.3, -0.25) is 14.5 Å². The van der Waals surface area contributed by atoms with Crippen molar-refractivity contribution in [3.05, 3.63) is 156 Å². The number of ketones is 2. The van der Waals surface area contributed by atoms with Crippen LogP contribution < -0.4 is 0 Å². The summed E-state index contributed by atoms with van der Waals surface area (Å²) in [5, 5.41) is 0. The number of hydrogen-bond donors (Lipinski definition) is 0. The van der Waals surface area contributed by atoms with E-state index in [2.05, 4.69) is 77.7 Å². The van der Waals surface area contributed by atoms with E-state index in [4.69, 9.17) is 0 Å². The molecule has 0 amide bonds. The van der Waals surface area contributed by atoms with Gasteiger partial charge in [-0.1, -0.05) is 133 Å². The first-order valence-corrected chi connectivity index (χ1v) is 14.9. The number of nitrogens with zero attached hydrogens (tertiary/aromatic N) is 1. The molecule has 1 aliphatic carbocycles. The molecular formula is C39H31NO2. The zero-order valence-electron chi connectivity index (χ0n) is 23.3. The minimum Gasteiger partial charge on any atom is -0.293 e. The average Bonchev–Trinajstić information content (AvgIpc) is 3.70. The monoisotopic (exact) mass is 545 g/mol. The van der Waals surface area contributed by atoms with Gasteiger partial charge in [0.2, 0.25) is 0 Å². The van der Waals surface area contributed by atoms with Gasteiger partial charge < -0.3 is 0 Å². The number of hydrogen-bond acceptors (Lipinski definition) is 3. The fourth-order valence-electron chi connectivity index (χ4n) is 8.13. The summed E-state index contributed by atoms with van der Waals surface area (Å²) in [6, 6.07) is 45.1. The summed E-state index contributed by atoms with van der Waals surface area (Å²) in [6.07, 6.45) is 2.04. The van der Waals surface area contributed by atoms with Gasteiger partial charge in [0.05, 0.1) is 6.04 Å². The summed E-state index contributed by atoms with van der Waals surface area (Å²) in [5.74, 6) is -0.269. The van der Waals surface area contributed by atoms with E-state index in [0.717, 1.165) is 52.8 Å². The molecule has 3 atom stereocenters. The van der Waals surface area contributed by atoms with Crippen molar-refractivity contribution in [3.63, 3.8) is 0 Å². The molecule has 3 aliphatic rings. The maximum Gasteiger partial charge on any atom is 0.180 e. The van der Waals surface area contributed by atoms with Gasteiger partial charge in [0.15, 0.2) is 11.6 Å². The first-order valence-electron chi connectivity index (χ1n) is 14.9. The van der Waals surface area contributed by atoms with Crippen molar-refractivity contribution in [1.82, 2.24) is 4.90 Å². The van der Waals surface area contributed by atoms with Crippen molar-refractivity contribution in [2.75, 3.05) is 6.54 Å². The van der Waals surface area contributed by atoms with Gasteiger partial charge in [-0.15, -0.1) is 0 Å². The maximum absolute atomic E-state index is 14.8. The highest BCUT2D eigenvalue weighted by Crippen LogP contribution is 2.65. The maximum atomic E-state index is 14.8. The zero-order valence-corrected chi connectivity index (χ0v) is 23.3. The van der Waals surface area contributed by atoms with Crippen molar-refractivity contribution in [1.29, 1.82) is 0 Å². The van der Waals surface area contributed by atoms with Gasteiger partial charge >= 0.3 is 0 Å². The lowest BCUT2D eigenvalue weighted by atomic mass is 9.63. The Morgan fingerprint density at radius 2 is 0.976 bits per heavy atom. The van der Waals surface area contributed by atoms with Crippen LogP contribution in [0.2, 0.25) is 0 Å². The Kier molecular flexibility index (Phi) is 5.84. The van der Waals surface area contributed by atoms with Crippen LogP contribution in [0.4, 0.5) is 0 Å². The van der Waals surface area contributed by atoms with Crippen molar-refractivity contribution in [2.24, 2.45) is 5.41 Å². The summed E-state index contributed by atoms with van der Waals surface area (Å²) in [5.41, 5.74) is 6.63. The highest BCUT2D eigenvalue weighted by molar-refractivity contribution is 6.31. The smallest absolute Gasteiger partial charge is 0.180 e. The quantitative estimate of drug-likeness (QED) is 0.213. The normalized spacial score (nSPS) is 22.4. The Morgan fingerprint density at radius 1 is 0.524 bits per heavy atom. The molecular weight excluding hydrogens is 514 g/mol. The molecule has 0 N–H and O–H groups in total. The van der Waals surface area contributed by atoms with Gasteiger partial charge in [-0.25, -0.2) is 0 Å². The molecule has 3 heteroatoms. The number of rotatable bonds is 4. The molecule has 204 valence electrons. The van der Waals surface area contributed by atoms with Gasteiger partial charge in [-0.2, -0.15) is 0 Å². The van der Waals surface area contributed by atoms with Gasteiger partial charge in [-0.05, 0) is 52.8 Å². The molecule has 3 nitrogen and oxygen atoms in total. The van der Waals surface area contributed by atoms with Gasteiger partial charge in [0.25, 0.3) is 0 Å². The van der Waals surface area contributed by atoms with Crippen molar-refractivity contribution in [2.45, 2.75) is 30.8 Å². The molecule has 42 heavy (non-hydrogen) atoms. The lowest BCUT2D eigenvalue weighted by Gasteiger charge is -2.36. The van der Waals surface area contributed by atoms with E-state index in [1.165, 1.54) is 0 Å². The molecule has 0 unspecified atom stereocenters. The van der Waals surface area contributed by atoms with E-state index in [1.807, 2.05) is 60.7 Å². The second-order valence-electron chi connectivity index (χ2n) is 11.9. The van der Waals surface area contributed by atoms with Gasteiger partial charge in [0.1, 0.15) is 5.41 Å². The number of benzene rings is 5. The molecule has 2 fully saturated rings. The van der Waals surface area contributed by atoms with E-state index in [-0.39, 0.29) is 29.6 Å². The van der Waals surface area contributed by atoms with Crippen LogP contribution in [0.25, 0.3) is 22.3 Å². The molecule has 1 spiro atoms. The van der Waals surface area contributed by atoms with Crippen LogP contribution in [-0.2, 0) is 0 Å². The third-order valence-corrected chi connectivity index (χ3v) is 9.86. The summed E-state index contributed by atoms with van der Waals surface area (Å²) in [4.78, 5) is 32.0. The lowest BCUT2D eigenvalue weighted by molar-refractivity contribution is 0.0595. The zero-order chi connectivity index (χ0) is 28.3. The van der Waals surface area contributed by atoms with E-state index in [1.54, 1.807) is 0 Å². The van der Waals surface area contributed by atoms with E-state index in [0.29, 0.717) is 11.1 Å². The van der Waals surface area contributed by atoms with E-state index < -0.39 is 5.41 Å². The SMILES string of the molecule is O=C1c2ccccc2C(=O)C12[C@H](c1ccc(-c3ccccc3)cc1)N1CCC[C@H]1[C@@H]2c1ccc(-c2ccccc2)cc1. The Bertz CT molecular complexity index is 1660. The van der Waals surface area contributed by atoms with E-state index >= 15 is 0 Å². The largest absolute Gasteiger partial charge is 0.293 e. The molecule has 5 aromatic rings. The third kappa shape index (κ3) is 3.57. The average molecular weight is 546 g/mol. The molecule has 2 heterocycles. The molecule has 2 aliphatic heterocycles. The molecule has 2 saturated heterocycles. The van der Waals surface area contributed by atoms with Crippen molar-refractivity contribution in [3.8, 4) is 22.3 Å². The first-order chi connectivity index (χ1) is 20.7. The highest BCUT2D eigenvalue weighted by Gasteiger charge is 2.70. The van der Waals surface area contributed by atoms with Crippen molar-refractivity contribution >= 4 is 11.6 Å². The Labute approximate surface area is 246 Å². The Balaban J connectivity index is 1.29. The first kappa shape index (κ1) is 25.1. The topological polar surface area (TPSA) is 37.4 Å². The minimum absolute atomic E-state index is 0.0215. The summed E-state index contributed by atoms with van der Waals surface area (Å²) in [7, 11) is 0. The number of Topliss-reactive ketones (excluding diaryl/α,β-unsaturated/α-hetero) is 2. The summed E-state index contributed by atoms with van der Waals surface area (Å²) >= 11 is 0. The molecule has 8 rings (SSSR count). The standard InChI is InChI=1S/C39H31NO2/c41-37-32-14-7-8-15-33(32)38(42)39(37)35(30-21-17-28(18-22-30)26-10-3-1-4-11-26)34-16-9-25-40(34)36(39)31-23-19-29(20-24-31)27-12-5-2-6-13-27/h1-8,10-15,17-24,34-36H,9,16,25H2/t34-,35-,36-/m0/s1. The van der Waals surface area contributed by atoms with Crippen LogP contribution in [0.5, 0.6) is 0 Å². The second-order valence-corrected chi connectivity index (χ2v) is 11.9. The van der Waals surface area contributed by atoms with Crippen LogP contribution in [0.15, 0.2) is 133 Å². The molecule has 0 saturated carbocycles. The van der Waals surface area contributed by atoms with Crippen LogP contribution in [0.3, 0.4) is 0 Å². The predicted molar refractivity (Wildman–Crippen MR) is 167 cm³/mol. The minimum atomic E-state index is -1.20. The molecule has 0 aromatic heterocycles. The predicted octanol–water partition coefficient (Wildman–Crippen LogP) is 8.39. The molecule has 5 aromatic carbocycles. The lowest BCUT2D eigenvalue weighted by Crippen LogP contribution is -2.43. The van der Waals surface area contributed by atoms with Crippen LogP contribution in [-0.4, -0.2) is 29.1 Å². The van der Waals surface area contributed by atoms with Crippen molar-refractivity contribution < 1.29 is 9.59 Å². The highest BCUT2D eigenvalue weighted by atomic mass is 16.2. The Hall–Kier alpha value is -4.60. The fraction of sp³-hybridized carbons (Fsp3) is 0.179. The fourth-order valence-corrected chi connectivity index (χ4v) is 8.13. The summed E-state index contributed by atoms with van der Waals surface area (Å²) in [6.45, 7) is 0.882. The summed E-state index contributed by atoms with van der Waals surface area (Å²) < 4.78 is 0. The number of carbonyl (C=O) groups is 2. The van der Waals surface area contributed by atoms with Crippen LogP contribution >= 0.6 is 0 Å². The second kappa shape index (κ2) is 9.75. The molecule has 0 bridgehead atoms.